The van der Waals surface area contributed by atoms with Crippen LogP contribution in [0, 0.1) is 22.7 Å². The summed E-state index contributed by atoms with van der Waals surface area (Å²) in [6.07, 6.45) is 8.41. The molecular formula is C17H28N2O2. The molecule has 3 aliphatic rings. The molecule has 0 heterocycles. The van der Waals surface area contributed by atoms with Crippen LogP contribution in [0.25, 0.3) is 0 Å². The van der Waals surface area contributed by atoms with E-state index in [9.17, 15) is 4.79 Å². The second kappa shape index (κ2) is 5.01. The lowest BCUT2D eigenvalue weighted by atomic mass is 9.69. The molecule has 0 saturated heterocycles. The summed E-state index contributed by atoms with van der Waals surface area (Å²) in [6, 6.07) is 0.282. The summed E-state index contributed by atoms with van der Waals surface area (Å²) in [4.78, 5) is 12.3. The van der Waals surface area contributed by atoms with Gasteiger partial charge in [0.2, 0.25) is 0 Å². The highest BCUT2D eigenvalue weighted by Crippen LogP contribution is 2.65. The number of nitrogens with one attached hydrogen (secondary N) is 2. The van der Waals surface area contributed by atoms with Gasteiger partial charge in [0.15, 0.2) is 0 Å². The number of carbonyl (C=O) groups excluding carboxylic acids is 1. The van der Waals surface area contributed by atoms with Gasteiger partial charge in [-0.15, -0.1) is 0 Å². The molecule has 2 amide bonds. The van der Waals surface area contributed by atoms with Crippen LogP contribution in [0.3, 0.4) is 0 Å². The number of aliphatic hydroxyl groups is 1. The Balaban J connectivity index is 1.56. The zero-order valence-corrected chi connectivity index (χ0v) is 13.4. The van der Waals surface area contributed by atoms with Gasteiger partial charge >= 0.3 is 6.03 Å². The number of rotatable bonds is 3. The molecule has 2 fully saturated rings. The minimum absolute atomic E-state index is 0.0570. The Labute approximate surface area is 127 Å². The van der Waals surface area contributed by atoms with Crippen LogP contribution >= 0.6 is 0 Å². The Morgan fingerprint density at radius 1 is 1.24 bits per heavy atom. The van der Waals surface area contributed by atoms with Crippen molar-refractivity contribution in [3.8, 4) is 0 Å². The third kappa shape index (κ3) is 2.28. The van der Waals surface area contributed by atoms with Gasteiger partial charge in [-0.2, -0.15) is 0 Å². The number of carbonyl (C=O) groups is 1. The number of aliphatic hydroxyl groups excluding tert-OH is 1. The largest absolute Gasteiger partial charge is 0.396 e. The van der Waals surface area contributed by atoms with Crippen LogP contribution in [0.1, 0.15) is 46.5 Å². The number of urea groups is 1. The molecule has 0 aromatic carbocycles. The quantitative estimate of drug-likeness (QED) is 0.700. The normalized spacial score (nSPS) is 43.2. The van der Waals surface area contributed by atoms with E-state index >= 15 is 0 Å². The van der Waals surface area contributed by atoms with Crippen molar-refractivity contribution in [2.24, 2.45) is 22.7 Å². The molecule has 2 saturated carbocycles. The SMILES string of the molecule is CC1(C)C2CCC1(C)C(NC(=O)N[C@@H]1C=C[C@H](CO)C1)C2. The van der Waals surface area contributed by atoms with Gasteiger partial charge in [0.05, 0.1) is 0 Å². The molecule has 3 unspecified atom stereocenters. The maximum atomic E-state index is 12.3. The first kappa shape index (κ1) is 14.9. The van der Waals surface area contributed by atoms with Gasteiger partial charge in [0.25, 0.3) is 0 Å². The van der Waals surface area contributed by atoms with Crippen molar-refractivity contribution in [3.63, 3.8) is 0 Å². The topological polar surface area (TPSA) is 61.4 Å². The average Bonchev–Trinajstić information content (AvgIpc) is 3.01. The Kier molecular flexibility index (Phi) is 3.55. The lowest BCUT2D eigenvalue weighted by Gasteiger charge is -2.39. The van der Waals surface area contributed by atoms with E-state index in [0.717, 1.165) is 18.8 Å². The summed E-state index contributed by atoms with van der Waals surface area (Å²) < 4.78 is 0. The van der Waals surface area contributed by atoms with Crippen molar-refractivity contribution in [1.29, 1.82) is 0 Å². The van der Waals surface area contributed by atoms with E-state index in [1.807, 2.05) is 12.2 Å². The predicted molar refractivity (Wildman–Crippen MR) is 82.8 cm³/mol. The van der Waals surface area contributed by atoms with E-state index in [1.165, 1.54) is 12.8 Å². The molecule has 0 aromatic rings. The number of hydrogen-bond donors (Lipinski definition) is 3. The molecule has 4 heteroatoms. The highest BCUT2D eigenvalue weighted by Gasteiger charge is 2.61. The van der Waals surface area contributed by atoms with Crippen molar-refractivity contribution in [2.45, 2.75) is 58.5 Å². The van der Waals surface area contributed by atoms with Crippen LogP contribution in [0.15, 0.2) is 12.2 Å². The summed E-state index contributed by atoms with van der Waals surface area (Å²) in [7, 11) is 0. The zero-order valence-electron chi connectivity index (χ0n) is 13.4. The van der Waals surface area contributed by atoms with E-state index < -0.39 is 0 Å². The molecule has 118 valence electrons. The fourth-order valence-electron chi connectivity index (χ4n) is 4.81. The van der Waals surface area contributed by atoms with Crippen molar-refractivity contribution < 1.29 is 9.90 Å². The third-order valence-electron chi connectivity index (χ3n) is 6.82. The molecule has 0 spiro atoms. The van der Waals surface area contributed by atoms with Crippen LogP contribution in [-0.2, 0) is 0 Å². The summed E-state index contributed by atoms with van der Waals surface area (Å²) in [5, 5.41) is 15.4. The van der Waals surface area contributed by atoms with Crippen LogP contribution < -0.4 is 10.6 Å². The molecule has 0 aliphatic heterocycles. The molecule has 3 N–H and O–H groups in total. The van der Waals surface area contributed by atoms with E-state index in [4.69, 9.17) is 5.11 Å². The van der Waals surface area contributed by atoms with Gasteiger partial charge in [-0.25, -0.2) is 4.79 Å². The van der Waals surface area contributed by atoms with E-state index in [1.54, 1.807) is 0 Å². The monoisotopic (exact) mass is 292 g/mol. The Morgan fingerprint density at radius 2 is 2.00 bits per heavy atom. The molecule has 0 aromatic heterocycles. The van der Waals surface area contributed by atoms with Gasteiger partial charge in [-0.1, -0.05) is 32.9 Å². The molecule has 5 atom stereocenters. The summed E-state index contributed by atoms with van der Waals surface area (Å²) >= 11 is 0. The van der Waals surface area contributed by atoms with Crippen molar-refractivity contribution in [2.75, 3.05) is 6.61 Å². The van der Waals surface area contributed by atoms with E-state index in [-0.39, 0.29) is 36.1 Å². The van der Waals surface area contributed by atoms with Crippen LogP contribution in [0.4, 0.5) is 4.79 Å². The molecule has 3 aliphatic carbocycles. The lowest BCUT2D eigenvalue weighted by Crippen LogP contribution is -2.51. The Bertz CT molecular complexity index is 460. The van der Waals surface area contributed by atoms with Gasteiger partial charge < -0.3 is 15.7 Å². The Morgan fingerprint density at radius 3 is 2.52 bits per heavy atom. The maximum absolute atomic E-state index is 12.3. The molecule has 3 rings (SSSR count). The van der Waals surface area contributed by atoms with E-state index in [2.05, 4.69) is 31.4 Å². The zero-order chi connectivity index (χ0) is 15.3. The number of amides is 2. The second-order valence-corrected chi connectivity index (χ2v) is 7.95. The minimum atomic E-state index is -0.0576. The summed E-state index contributed by atoms with van der Waals surface area (Å²) in [5.74, 6) is 0.923. The Hall–Kier alpha value is -1.03. The summed E-state index contributed by atoms with van der Waals surface area (Å²) in [6.45, 7) is 7.21. The van der Waals surface area contributed by atoms with Gasteiger partial charge in [-0.05, 0) is 42.4 Å². The molecule has 2 bridgehead atoms. The second-order valence-electron chi connectivity index (χ2n) is 7.95. The van der Waals surface area contributed by atoms with Crippen molar-refractivity contribution >= 4 is 6.03 Å². The van der Waals surface area contributed by atoms with Crippen LogP contribution in [0.5, 0.6) is 0 Å². The predicted octanol–water partition coefficient (Wildman–Crippen LogP) is 2.44. The van der Waals surface area contributed by atoms with Crippen molar-refractivity contribution in [1.82, 2.24) is 10.6 Å². The first-order valence-corrected chi connectivity index (χ1v) is 8.23. The number of fused-ring (bicyclic) bond motifs is 2. The average molecular weight is 292 g/mol. The first-order valence-electron chi connectivity index (χ1n) is 8.23. The van der Waals surface area contributed by atoms with E-state index in [0.29, 0.717) is 5.41 Å². The van der Waals surface area contributed by atoms with Gasteiger partial charge in [-0.3, -0.25) is 0 Å². The molecule has 0 radical (unpaired) electrons. The van der Waals surface area contributed by atoms with Crippen molar-refractivity contribution in [3.05, 3.63) is 12.2 Å². The highest BCUT2D eigenvalue weighted by molar-refractivity contribution is 5.75. The van der Waals surface area contributed by atoms with Gasteiger partial charge in [0, 0.05) is 24.6 Å². The molecular weight excluding hydrogens is 264 g/mol. The van der Waals surface area contributed by atoms with Gasteiger partial charge in [0.1, 0.15) is 0 Å². The lowest BCUT2D eigenvalue weighted by molar-refractivity contribution is 0.123. The molecule has 21 heavy (non-hydrogen) atoms. The highest BCUT2D eigenvalue weighted by atomic mass is 16.3. The first-order chi connectivity index (χ1) is 9.86. The smallest absolute Gasteiger partial charge is 0.315 e. The third-order valence-corrected chi connectivity index (χ3v) is 6.82. The van der Waals surface area contributed by atoms with Crippen LogP contribution in [-0.4, -0.2) is 29.8 Å². The number of hydrogen-bond acceptors (Lipinski definition) is 2. The fraction of sp³-hybridized carbons (Fsp3) is 0.824. The minimum Gasteiger partial charge on any atom is -0.396 e. The summed E-state index contributed by atoms with van der Waals surface area (Å²) in [5.41, 5.74) is 0.536. The standard InChI is InChI=1S/C17H28N2O2/c1-16(2)12-6-7-17(16,3)14(9-12)19-15(21)18-13-5-4-11(8-13)10-20/h4-5,11-14,20H,6-10H2,1-3H3,(H2,18,19,21)/t11-,12?,13+,14?,17?/m0/s1. The fourth-order valence-corrected chi connectivity index (χ4v) is 4.81. The van der Waals surface area contributed by atoms with Crippen LogP contribution in [0.2, 0.25) is 0 Å². The maximum Gasteiger partial charge on any atom is 0.315 e. The molecule has 4 nitrogen and oxygen atoms in total.